The molecule has 0 spiro atoms. The van der Waals surface area contributed by atoms with E-state index < -0.39 is 61.4 Å². The summed E-state index contributed by atoms with van der Waals surface area (Å²) >= 11 is 0. The Balaban J connectivity index is 1.71. The lowest BCUT2D eigenvalue weighted by atomic mass is 9.98. The minimum Gasteiger partial charge on any atom is -0.387 e. The molecule has 0 aromatic heterocycles. The molecule has 0 bridgehead atoms. The first kappa shape index (κ1) is 31.7. The van der Waals surface area contributed by atoms with Crippen molar-refractivity contribution in [1.82, 2.24) is 0 Å². The predicted octanol–water partition coefficient (Wildman–Crippen LogP) is -2.39. The molecule has 2 aliphatic heterocycles. The molecule has 0 aliphatic carbocycles. The van der Waals surface area contributed by atoms with Gasteiger partial charge in [0.05, 0.1) is 41.3 Å². The van der Waals surface area contributed by atoms with E-state index in [1.54, 1.807) is 0 Å². The third-order valence-corrected chi connectivity index (χ3v) is 7.43. The maximum absolute atomic E-state index is 10.3. The first-order chi connectivity index (χ1) is 16.7. The van der Waals surface area contributed by atoms with Gasteiger partial charge < -0.3 is 58.6 Å². The van der Waals surface area contributed by atoms with Gasteiger partial charge in [-0.2, -0.15) is 0 Å². The lowest BCUT2D eigenvalue weighted by Crippen LogP contribution is -2.62. The summed E-state index contributed by atoms with van der Waals surface area (Å²) in [4.78, 5) is 0. The molecule has 2 aliphatic rings. The zero-order valence-electron chi connectivity index (χ0n) is 22.6. The van der Waals surface area contributed by atoms with Crippen molar-refractivity contribution in [2.45, 2.75) is 87.1 Å². The van der Waals surface area contributed by atoms with Gasteiger partial charge in [0, 0.05) is 14.2 Å². The van der Waals surface area contributed by atoms with Crippen molar-refractivity contribution in [3.63, 3.8) is 0 Å². The normalized spacial score (nSPS) is 38.3. The molecule has 2 rings (SSSR count). The summed E-state index contributed by atoms with van der Waals surface area (Å²) in [5.41, 5.74) is 0. The molecular weight excluding hydrogens is 476 g/mol. The fraction of sp³-hybridized carbons (Fsp3) is 1.00. The zero-order chi connectivity index (χ0) is 27.3. The first-order valence-corrected chi connectivity index (χ1v) is 12.8. The van der Waals surface area contributed by atoms with E-state index in [9.17, 15) is 30.6 Å². The molecular formula is C24H50N2O10+2. The highest BCUT2D eigenvalue weighted by Gasteiger charge is 2.47. The molecule has 0 radical (unpaired) electrons. The highest BCUT2D eigenvalue weighted by atomic mass is 16.7. The molecule has 10 atom stereocenters. The van der Waals surface area contributed by atoms with Crippen molar-refractivity contribution < 1.29 is 58.6 Å². The number of hydrogen-bond acceptors (Lipinski definition) is 10. The summed E-state index contributed by atoms with van der Waals surface area (Å²) in [6, 6.07) is 0. The van der Waals surface area contributed by atoms with Gasteiger partial charge in [0.25, 0.3) is 0 Å². The summed E-state index contributed by atoms with van der Waals surface area (Å²) < 4.78 is 22.7. The maximum atomic E-state index is 10.3. The molecule has 2 heterocycles. The van der Waals surface area contributed by atoms with Gasteiger partial charge in [-0.1, -0.05) is 0 Å². The largest absolute Gasteiger partial charge is 0.387 e. The second kappa shape index (κ2) is 13.5. The highest BCUT2D eigenvalue weighted by Crippen LogP contribution is 2.25. The third kappa shape index (κ3) is 8.52. The Bertz CT molecular complexity index is 596. The van der Waals surface area contributed by atoms with Crippen LogP contribution in [0.25, 0.3) is 0 Å². The number of methoxy groups -OCH3 is 2. The minimum atomic E-state index is -1.32. The van der Waals surface area contributed by atoms with Crippen LogP contribution in [-0.2, 0) is 18.9 Å². The molecule has 0 aromatic rings. The molecule has 12 nitrogen and oxygen atoms in total. The van der Waals surface area contributed by atoms with E-state index in [1.807, 2.05) is 28.2 Å². The maximum Gasteiger partial charge on any atom is 0.186 e. The van der Waals surface area contributed by atoms with Crippen molar-refractivity contribution in [3.8, 4) is 0 Å². The van der Waals surface area contributed by atoms with Gasteiger partial charge in [-0.3, -0.25) is 0 Å². The van der Waals surface area contributed by atoms with Crippen LogP contribution in [0.4, 0.5) is 0 Å². The van der Waals surface area contributed by atoms with Crippen LogP contribution in [0.1, 0.15) is 25.7 Å². The fourth-order valence-corrected chi connectivity index (χ4v) is 5.11. The zero-order valence-corrected chi connectivity index (χ0v) is 22.6. The quantitative estimate of drug-likeness (QED) is 0.113. The number of likely N-dealkylation sites (N-methyl/N-ethyl adjacent to an activating group) is 2. The lowest BCUT2D eigenvalue weighted by Gasteiger charge is -2.43. The Labute approximate surface area is 214 Å². The standard InChI is InChI=1S/C24H50N2O10/c1-25(2,13-15-17(27)19(29)21(31)23(33-5)35-15)11-9-7-8-10-12-26(3,4)14-16-18(28)20(30)22(32)24(34-6)36-16/h15-24,27-32H,7-14H2,1-6H3/q+2/t15-,16-,17-,18-,19+,20+,21-,22-,23+,24+/m1/s1. The van der Waals surface area contributed by atoms with Crippen LogP contribution in [-0.4, -0.2) is 170 Å². The Morgan fingerprint density at radius 2 is 0.861 bits per heavy atom. The average molecular weight is 527 g/mol. The van der Waals surface area contributed by atoms with Crippen LogP contribution in [0.2, 0.25) is 0 Å². The molecule has 2 saturated heterocycles. The van der Waals surface area contributed by atoms with E-state index in [4.69, 9.17) is 18.9 Å². The number of aliphatic hydroxyl groups is 6. The molecule has 214 valence electrons. The number of hydrogen-bond donors (Lipinski definition) is 6. The lowest BCUT2D eigenvalue weighted by molar-refractivity contribution is -0.895. The Hall–Kier alpha value is -0.480. The fourth-order valence-electron chi connectivity index (χ4n) is 5.11. The average Bonchev–Trinajstić information content (AvgIpc) is 2.81. The van der Waals surface area contributed by atoms with Gasteiger partial charge in [-0.05, 0) is 25.7 Å². The third-order valence-electron chi connectivity index (χ3n) is 7.43. The van der Waals surface area contributed by atoms with Gasteiger partial charge in [-0.15, -0.1) is 0 Å². The predicted molar refractivity (Wildman–Crippen MR) is 130 cm³/mol. The number of rotatable bonds is 13. The van der Waals surface area contributed by atoms with Crippen LogP contribution in [0.5, 0.6) is 0 Å². The first-order valence-electron chi connectivity index (χ1n) is 12.8. The second-order valence-corrected chi connectivity index (χ2v) is 11.6. The summed E-state index contributed by atoms with van der Waals surface area (Å²) in [5, 5.41) is 60.8. The van der Waals surface area contributed by atoms with Gasteiger partial charge in [0.2, 0.25) is 0 Å². The van der Waals surface area contributed by atoms with Crippen LogP contribution < -0.4 is 0 Å². The number of aliphatic hydroxyl groups excluding tert-OH is 6. The molecule has 0 unspecified atom stereocenters. The van der Waals surface area contributed by atoms with Crippen LogP contribution >= 0.6 is 0 Å². The van der Waals surface area contributed by atoms with Crippen molar-refractivity contribution in [2.75, 3.05) is 68.6 Å². The van der Waals surface area contributed by atoms with E-state index in [0.717, 1.165) is 38.8 Å². The molecule has 0 amide bonds. The van der Waals surface area contributed by atoms with E-state index in [0.29, 0.717) is 22.1 Å². The number of nitrogens with zero attached hydrogens (tertiary/aromatic N) is 2. The number of ether oxygens (including phenoxy) is 4. The molecule has 2 fully saturated rings. The van der Waals surface area contributed by atoms with E-state index in [2.05, 4.69) is 0 Å². The van der Waals surface area contributed by atoms with Crippen LogP contribution in [0, 0.1) is 0 Å². The van der Waals surface area contributed by atoms with E-state index in [-0.39, 0.29) is 0 Å². The van der Waals surface area contributed by atoms with Gasteiger partial charge >= 0.3 is 0 Å². The topological polar surface area (TPSA) is 158 Å². The van der Waals surface area contributed by atoms with E-state index >= 15 is 0 Å². The van der Waals surface area contributed by atoms with Crippen molar-refractivity contribution in [3.05, 3.63) is 0 Å². The Kier molecular flexibility index (Phi) is 11.9. The molecule has 0 saturated carbocycles. The monoisotopic (exact) mass is 526 g/mol. The van der Waals surface area contributed by atoms with Gasteiger partial charge in [0.1, 0.15) is 61.9 Å². The molecule has 6 N–H and O–H groups in total. The molecule has 36 heavy (non-hydrogen) atoms. The van der Waals surface area contributed by atoms with Gasteiger partial charge in [-0.25, -0.2) is 0 Å². The SMILES string of the molecule is CO[C@H]1O[C@H](C[N+](C)(C)CCCCCC[N+](C)(C)C[C@H]2O[C@H](OC)[C@H](O)[C@@H](O)[C@@H]2O)[C@@H](O)[C@H](O)[C@H]1O. The van der Waals surface area contributed by atoms with Crippen molar-refractivity contribution >= 4 is 0 Å². The number of quaternary nitrogens is 2. The molecule has 12 heteroatoms. The van der Waals surface area contributed by atoms with Crippen molar-refractivity contribution in [2.24, 2.45) is 0 Å². The summed E-state index contributed by atoms with van der Waals surface area (Å²) in [6.07, 6.45) is -6.78. The summed E-state index contributed by atoms with van der Waals surface area (Å²) in [5.74, 6) is 0. The summed E-state index contributed by atoms with van der Waals surface area (Å²) in [7, 11) is 11.0. The highest BCUT2D eigenvalue weighted by molar-refractivity contribution is 4.90. The van der Waals surface area contributed by atoms with Crippen LogP contribution in [0.3, 0.4) is 0 Å². The minimum absolute atomic E-state index is 0.474. The molecule has 0 aromatic carbocycles. The smallest absolute Gasteiger partial charge is 0.186 e. The van der Waals surface area contributed by atoms with Gasteiger partial charge in [0.15, 0.2) is 12.6 Å². The number of unbranched alkanes of at least 4 members (excludes halogenated alkanes) is 3. The second-order valence-electron chi connectivity index (χ2n) is 11.6. The van der Waals surface area contributed by atoms with E-state index in [1.165, 1.54) is 14.2 Å². The Morgan fingerprint density at radius 3 is 1.17 bits per heavy atom. The van der Waals surface area contributed by atoms with Crippen molar-refractivity contribution in [1.29, 1.82) is 0 Å². The summed E-state index contributed by atoms with van der Waals surface area (Å²) in [6.45, 7) is 2.67. The Morgan fingerprint density at radius 1 is 0.528 bits per heavy atom. The van der Waals surface area contributed by atoms with Crippen LogP contribution in [0.15, 0.2) is 0 Å².